The number of carbonyl (C=O) groups is 2. The molecule has 3 aromatic rings. The van der Waals surface area contributed by atoms with Crippen LogP contribution in [0.5, 0.6) is 11.5 Å². The molecular weight excluding hydrogens is 354 g/mol. The number of benzene rings is 3. The third kappa shape index (κ3) is 5.45. The van der Waals surface area contributed by atoms with E-state index in [0.717, 1.165) is 11.1 Å². The number of hydrogen-bond acceptors (Lipinski definition) is 4. The van der Waals surface area contributed by atoms with Crippen molar-refractivity contribution in [2.24, 2.45) is 0 Å². The highest BCUT2D eigenvalue weighted by Gasteiger charge is 2.12. The molecule has 0 aromatic heterocycles. The number of hydrogen-bond donors (Lipinski definition) is 1. The number of ketones is 1. The maximum atomic E-state index is 12.2. The minimum atomic E-state index is -0.203. The lowest BCUT2D eigenvalue weighted by molar-refractivity contribution is -0.109. The smallest absolute Gasteiger partial charge is 0.207 e. The van der Waals surface area contributed by atoms with Gasteiger partial charge in [-0.2, -0.15) is 0 Å². The van der Waals surface area contributed by atoms with E-state index in [9.17, 15) is 9.59 Å². The van der Waals surface area contributed by atoms with Crippen LogP contribution in [-0.4, -0.2) is 18.7 Å². The van der Waals surface area contributed by atoms with Crippen molar-refractivity contribution in [3.05, 3.63) is 95.6 Å². The summed E-state index contributed by atoms with van der Waals surface area (Å²) in [6, 6.07) is 24.6. The molecule has 0 spiro atoms. The van der Waals surface area contributed by atoms with Crippen molar-refractivity contribution in [1.29, 1.82) is 0 Å². The van der Waals surface area contributed by atoms with Gasteiger partial charge in [0.05, 0.1) is 6.54 Å². The molecular formula is C23H21NO4. The second-order valence-corrected chi connectivity index (χ2v) is 6.13. The third-order valence-electron chi connectivity index (χ3n) is 4.09. The summed E-state index contributed by atoms with van der Waals surface area (Å²) in [5, 5.41) is 2.38. The normalized spacial score (nSPS) is 10.1. The Morgan fingerprint density at radius 3 is 1.93 bits per heavy atom. The Labute approximate surface area is 163 Å². The summed E-state index contributed by atoms with van der Waals surface area (Å²) < 4.78 is 11.9. The van der Waals surface area contributed by atoms with E-state index in [1.54, 1.807) is 18.2 Å². The van der Waals surface area contributed by atoms with E-state index < -0.39 is 0 Å². The Morgan fingerprint density at radius 2 is 1.36 bits per heavy atom. The fraction of sp³-hybridized carbons (Fsp3) is 0.130. The highest BCUT2D eigenvalue weighted by molar-refractivity contribution is 5.98. The molecule has 0 fully saturated rings. The van der Waals surface area contributed by atoms with Crippen molar-refractivity contribution in [2.75, 3.05) is 6.54 Å². The minimum absolute atomic E-state index is 0.0636. The molecule has 0 heterocycles. The Balaban J connectivity index is 1.77. The Morgan fingerprint density at radius 1 is 0.786 bits per heavy atom. The summed E-state index contributed by atoms with van der Waals surface area (Å²) in [6.07, 6.45) is 0.502. The highest BCUT2D eigenvalue weighted by atomic mass is 16.5. The van der Waals surface area contributed by atoms with Crippen LogP contribution in [-0.2, 0) is 18.0 Å². The topological polar surface area (TPSA) is 64.6 Å². The van der Waals surface area contributed by atoms with Gasteiger partial charge >= 0.3 is 0 Å². The second-order valence-electron chi connectivity index (χ2n) is 6.13. The molecule has 5 nitrogen and oxygen atoms in total. The van der Waals surface area contributed by atoms with Crippen LogP contribution in [0.1, 0.15) is 21.5 Å². The summed E-state index contributed by atoms with van der Waals surface area (Å²) in [5.74, 6) is 0.836. The SMILES string of the molecule is O=CNCC(=O)c1ccc(OCc2ccccc2)c(OCc2ccccc2)c1. The molecule has 5 heteroatoms. The first-order valence-electron chi connectivity index (χ1n) is 8.94. The van der Waals surface area contributed by atoms with Gasteiger partial charge in [0.1, 0.15) is 13.2 Å². The summed E-state index contributed by atoms with van der Waals surface area (Å²) >= 11 is 0. The first-order valence-corrected chi connectivity index (χ1v) is 8.94. The zero-order chi connectivity index (χ0) is 19.6. The van der Waals surface area contributed by atoms with E-state index in [1.165, 1.54) is 0 Å². The van der Waals surface area contributed by atoms with Crippen molar-refractivity contribution in [1.82, 2.24) is 5.32 Å². The van der Waals surface area contributed by atoms with Crippen LogP contribution in [0, 0.1) is 0 Å². The van der Waals surface area contributed by atoms with Crippen LogP contribution in [0.4, 0.5) is 0 Å². The molecule has 28 heavy (non-hydrogen) atoms. The van der Waals surface area contributed by atoms with Gasteiger partial charge in [-0.05, 0) is 29.3 Å². The zero-order valence-corrected chi connectivity index (χ0v) is 15.3. The Bertz CT molecular complexity index is 910. The van der Waals surface area contributed by atoms with Crippen molar-refractivity contribution in [3.8, 4) is 11.5 Å². The molecule has 0 saturated heterocycles. The van der Waals surface area contributed by atoms with Crippen LogP contribution in [0.2, 0.25) is 0 Å². The Hall–Kier alpha value is -3.60. The van der Waals surface area contributed by atoms with Crippen LogP contribution < -0.4 is 14.8 Å². The molecule has 1 amide bonds. The molecule has 0 aliphatic carbocycles. The minimum Gasteiger partial charge on any atom is -0.485 e. The molecule has 1 N–H and O–H groups in total. The predicted octanol–water partition coefficient (Wildman–Crippen LogP) is 3.77. The van der Waals surface area contributed by atoms with E-state index in [0.29, 0.717) is 36.7 Å². The molecule has 0 atom stereocenters. The van der Waals surface area contributed by atoms with Gasteiger partial charge in [-0.25, -0.2) is 0 Å². The van der Waals surface area contributed by atoms with E-state index in [-0.39, 0.29) is 12.3 Å². The van der Waals surface area contributed by atoms with E-state index >= 15 is 0 Å². The average Bonchev–Trinajstić information content (AvgIpc) is 2.76. The zero-order valence-electron chi connectivity index (χ0n) is 15.3. The monoisotopic (exact) mass is 375 g/mol. The van der Waals surface area contributed by atoms with E-state index in [2.05, 4.69) is 5.32 Å². The predicted molar refractivity (Wildman–Crippen MR) is 106 cm³/mol. The van der Waals surface area contributed by atoms with Crippen LogP contribution >= 0.6 is 0 Å². The third-order valence-corrected chi connectivity index (χ3v) is 4.09. The molecule has 3 aromatic carbocycles. The molecule has 142 valence electrons. The lowest BCUT2D eigenvalue weighted by Gasteiger charge is -2.14. The number of carbonyl (C=O) groups excluding carboxylic acids is 2. The standard InChI is InChI=1S/C23H21NO4/c25-17-24-14-21(26)20-11-12-22(27-15-18-7-3-1-4-8-18)23(13-20)28-16-19-9-5-2-6-10-19/h1-13,17H,14-16H2,(H,24,25). The number of ether oxygens (including phenoxy) is 2. The largest absolute Gasteiger partial charge is 0.485 e. The maximum absolute atomic E-state index is 12.2. The summed E-state index contributed by atoms with van der Waals surface area (Å²) in [7, 11) is 0. The first-order chi connectivity index (χ1) is 13.8. The average molecular weight is 375 g/mol. The molecule has 0 saturated carbocycles. The molecule has 3 rings (SSSR count). The summed E-state index contributed by atoms with van der Waals surface area (Å²) in [6.45, 7) is 0.682. The van der Waals surface area contributed by atoms with Gasteiger partial charge in [-0.15, -0.1) is 0 Å². The maximum Gasteiger partial charge on any atom is 0.207 e. The van der Waals surface area contributed by atoms with Gasteiger partial charge in [-0.1, -0.05) is 60.7 Å². The lowest BCUT2D eigenvalue weighted by atomic mass is 10.1. The molecule has 0 bridgehead atoms. The van der Waals surface area contributed by atoms with Crippen molar-refractivity contribution >= 4 is 12.2 Å². The Kier molecular flexibility index (Phi) is 6.79. The van der Waals surface area contributed by atoms with Crippen LogP contribution in [0.15, 0.2) is 78.9 Å². The fourth-order valence-electron chi connectivity index (χ4n) is 2.62. The molecule has 0 unspecified atom stereocenters. The number of rotatable bonds is 10. The molecule has 0 aliphatic heterocycles. The highest BCUT2D eigenvalue weighted by Crippen LogP contribution is 2.30. The van der Waals surface area contributed by atoms with Crippen molar-refractivity contribution in [3.63, 3.8) is 0 Å². The second kappa shape index (κ2) is 9.92. The van der Waals surface area contributed by atoms with Crippen LogP contribution in [0.25, 0.3) is 0 Å². The van der Waals surface area contributed by atoms with E-state index in [1.807, 2.05) is 60.7 Å². The number of amides is 1. The molecule has 0 radical (unpaired) electrons. The van der Waals surface area contributed by atoms with Gasteiger partial charge in [0.2, 0.25) is 6.41 Å². The summed E-state index contributed by atoms with van der Waals surface area (Å²) in [4.78, 5) is 22.6. The first kappa shape index (κ1) is 19.2. The number of Topliss-reactive ketones (excluding diaryl/α,β-unsaturated/α-hetero) is 1. The quantitative estimate of drug-likeness (QED) is 0.433. The summed E-state index contributed by atoms with van der Waals surface area (Å²) in [5.41, 5.74) is 2.49. The van der Waals surface area contributed by atoms with Crippen molar-refractivity contribution in [2.45, 2.75) is 13.2 Å². The van der Waals surface area contributed by atoms with Crippen LogP contribution in [0.3, 0.4) is 0 Å². The van der Waals surface area contributed by atoms with E-state index in [4.69, 9.17) is 9.47 Å². The molecule has 0 aliphatic rings. The van der Waals surface area contributed by atoms with Gasteiger partial charge in [0.15, 0.2) is 17.3 Å². The van der Waals surface area contributed by atoms with Gasteiger partial charge in [0, 0.05) is 5.56 Å². The fourth-order valence-corrected chi connectivity index (χ4v) is 2.62. The van der Waals surface area contributed by atoms with Gasteiger partial charge in [0.25, 0.3) is 0 Å². The van der Waals surface area contributed by atoms with Gasteiger partial charge in [-0.3, -0.25) is 9.59 Å². The lowest BCUT2D eigenvalue weighted by Crippen LogP contribution is -2.21. The number of nitrogens with one attached hydrogen (secondary N) is 1. The van der Waals surface area contributed by atoms with Gasteiger partial charge < -0.3 is 14.8 Å². The van der Waals surface area contributed by atoms with Crippen molar-refractivity contribution < 1.29 is 19.1 Å².